The molecule has 0 radical (unpaired) electrons. The molecule has 2 aromatic carbocycles. The van der Waals surface area contributed by atoms with E-state index >= 15 is 0 Å². The average molecular weight is 306 g/mol. The van der Waals surface area contributed by atoms with Crippen molar-refractivity contribution in [3.63, 3.8) is 0 Å². The summed E-state index contributed by atoms with van der Waals surface area (Å²) in [7, 11) is 0. The Morgan fingerprint density at radius 2 is 1.91 bits per heavy atom. The quantitative estimate of drug-likeness (QED) is 0.751. The van der Waals surface area contributed by atoms with Crippen LogP contribution in [0.25, 0.3) is 0 Å². The third-order valence-electron chi connectivity index (χ3n) is 5.26. The van der Waals surface area contributed by atoms with Crippen molar-refractivity contribution in [1.29, 1.82) is 0 Å². The van der Waals surface area contributed by atoms with Gasteiger partial charge in [-0.05, 0) is 48.9 Å². The molecule has 3 heteroatoms. The minimum Gasteiger partial charge on any atom is -0.507 e. The molecular weight excluding hydrogens is 288 g/mol. The first-order valence-corrected chi connectivity index (χ1v) is 8.06. The first kappa shape index (κ1) is 14.2. The van der Waals surface area contributed by atoms with Gasteiger partial charge in [0, 0.05) is 29.0 Å². The summed E-state index contributed by atoms with van der Waals surface area (Å²) >= 11 is 0. The number of carbonyl (C=O) groups is 2. The van der Waals surface area contributed by atoms with Crippen molar-refractivity contribution in [1.82, 2.24) is 0 Å². The van der Waals surface area contributed by atoms with Crippen molar-refractivity contribution in [3.05, 3.63) is 63.7 Å². The average Bonchev–Trinajstić information content (AvgIpc) is 2.56. The zero-order chi connectivity index (χ0) is 16.1. The molecule has 1 N–H and O–H groups in total. The Hall–Kier alpha value is -2.42. The van der Waals surface area contributed by atoms with Crippen LogP contribution < -0.4 is 0 Å². The highest BCUT2D eigenvalue weighted by Crippen LogP contribution is 2.40. The molecule has 0 amide bonds. The number of Topliss-reactive ketones (excluding diaryl/α,β-unsaturated/α-hetero) is 1. The fourth-order valence-corrected chi connectivity index (χ4v) is 3.90. The number of aryl methyl sites for hydroxylation is 1. The van der Waals surface area contributed by atoms with Crippen LogP contribution in [-0.2, 0) is 24.1 Å². The van der Waals surface area contributed by atoms with E-state index in [0.717, 1.165) is 40.7 Å². The Balaban J connectivity index is 1.85. The molecule has 0 aliphatic heterocycles. The second-order valence-electron chi connectivity index (χ2n) is 6.60. The second kappa shape index (κ2) is 5.05. The predicted molar refractivity (Wildman–Crippen MR) is 87.0 cm³/mol. The lowest BCUT2D eigenvalue weighted by Crippen LogP contribution is -2.23. The Bertz CT molecular complexity index is 848. The van der Waals surface area contributed by atoms with Crippen molar-refractivity contribution in [3.8, 4) is 5.75 Å². The van der Waals surface area contributed by atoms with Crippen molar-refractivity contribution in [2.45, 2.75) is 32.6 Å². The van der Waals surface area contributed by atoms with Gasteiger partial charge in [-0.2, -0.15) is 0 Å². The molecule has 1 unspecified atom stereocenters. The third kappa shape index (κ3) is 2.11. The lowest BCUT2D eigenvalue weighted by molar-refractivity contribution is -0.121. The molecule has 0 bridgehead atoms. The van der Waals surface area contributed by atoms with Crippen LogP contribution in [0.5, 0.6) is 5.75 Å². The number of hydrogen-bond acceptors (Lipinski definition) is 3. The molecular formula is C20H18O3. The van der Waals surface area contributed by atoms with E-state index in [9.17, 15) is 14.7 Å². The summed E-state index contributed by atoms with van der Waals surface area (Å²) in [6.45, 7) is 1.62. The summed E-state index contributed by atoms with van der Waals surface area (Å²) in [6, 6.07) is 9.52. The maximum atomic E-state index is 12.8. The van der Waals surface area contributed by atoms with Gasteiger partial charge in [0.1, 0.15) is 11.5 Å². The number of carbonyl (C=O) groups excluding carboxylic acids is 2. The fourth-order valence-electron chi connectivity index (χ4n) is 3.90. The highest BCUT2D eigenvalue weighted by atomic mass is 16.3. The van der Waals surface area contributed by atoms with Gasteiger partial charge in [-0.15, -0.1) is 0 Å². The van der Waals surface area contributed by atoms with E-state index < -0.39 is 0 Å². The van der Waals surface area contributed by atoms with E-state index in [2.05, 4.69) is 0 Å². The third-order valence-corrected chi connectivity index (χ3v) is 5.26. The highest BCUT2D eigenvalue weighted by Gasteiger charge is 2.31. The predicted octanol–water partition coefficient (Wildman–Crippen LogP) is 3.22. The summed E-state index contributed by atoms with van der Waals surface area (Å²) in [4.78, 5) is 24.4. The first-order valence-electron chi connectivity index (χ1n) is 8.06. The largest absolute Gasteiger partial charge is 0.507 e. The summed E-state index contributed by atoms with van der Waals surface area (Å²) in [6.07, 6.45) is 2.70. The molecule has 1 atom stereocenters. The molecule has 0 heterocycles. The van der Waals surface area contributed by atoms with E-state index in [4.69, 9.17) is 0 Å². The monoisotopic (exact) mass is 306 g/mol. The van der Waals surface area contributed by atoms with Gasteiger partial charge in [-0.1, -0.05) is 24.3 Å². The Morgan fingerprint density at radius 3 is 2.70 bits per heavy atom. The van der Waals surface area contributed by atoms with Gasteiger partial charge in [-0.3, -0.25) is 9.59 Å². The van der Waals surface area contributed by atoms with Gasteiger partial charge < -0.3 is 5.11 Å². The molecule has 0 saturated carbocycles. The molecule has 23 heavy (non-hydrogen) atoms. The maximum absolute atomic E-state index is 12.8. The van der Waals surface area contributed by atoms with E-state index in [1.165, 1.54) is 0 Å². The zero-order valence-corrected chi connectivity index (χ0v) is 13.1. The second-order valence-corrected chi connectivity index (χ2v) is 6.60. The molecule has 3 nitrogen and oxygen atoms in total. The smallest absolute Gasteiger partial charge is 0.193 e. The molecule has 2 aliphatic rings. The molecule has 2 aliphatic carbocycles. The molecule has 0 spiro atoms. The number of benzene rings is 2. The van der Waals surface area contributed by atoms with Gasteiger partial charge in [0.25, 0.3) is 0 Å². The minimum absolute atomic E-state index is 0.00589. The lowest BCUT2D eigenvalue weighted by atomic mass is 9.76. The Labute approximate surface area is 135 Å². The van der Waals surface area contributed by atoms with Gasteiger partial charge in [0.15, 0.2) is 5.78 Å². The summed E-state index contributed by atoms with van der Waals surface area (Å²) < 4.78 is 0. The number of phenols is 1. The molecule has 0 aromatic heterocycles. The number of aromatic hydroxyl groups is 1. The van der Waals surface area contributed by atoms with Crippen molar-refractivity contribution >= 4 is 11.6 Å². The number of fused-ring (bicyclic) bond motifs is 3. The molecule has 0 fully saturated rings. The number of phenolic OH excluding ortho intramolecular Hbond substituents is 1. The number of rotatable bonds is 1. The van der Waals surface area contributed by atoms with Crippen LogP contribution >= 0.6 is 0 Å². The van der Waals surface area contributed by atoms with Gasteiger partial charge in [0.2, 0.25) is 0 Å². The van der Waals surface area contributed by atoms with Crippen LogP contribution in [0.1, 0.15) is 51.5 Å². The summed E-state index contributed by atoms with van der Waals surface area (Å²) in [5.74, 6) is 0.382. The van der Waals surface area contributed by atoms with Crippen molar-refractivity contribution < 1.29 is 14.7 Å². The Morgan fingerprint density at radius 1 is 1.13 bits per heavy atom. The number of hydrogen-bond donors (Lipinski definition) is 1. The zero-order valence-electron chi connectivity index (χ0n) is 13.1. The topological polar surface area (TPSA) is 54.4 Å². The Kier molecular flexibility index (Phi) is 3.12. The summed E-state index contributed by atoms with van der Waals surface area (Å²) in [5.41, 5.74) is 4.92. The molecule has 116 valence electrons. The van der Waals surface area contributed by atoms with E-state index in [0.29, 0.717) is 18.4 Å². The lowest BCUT2D eigenvalue weighted by Gasteiger charge is -2.28. The van der Waals surface area contributed by atoms with E-state index in [1.807, 2.05) is 30.3 Å². The van der Waals surface area contributed by atoms with Crippen LogP contribution in [-0.4, -0.2) is 16.7 Å². The molecule has 0 saturated heterocycles. The van der Waals surface area contributed by atoms with Gasteiger partial charge in [0.05, 0.1) is 0 Å². The van der Waals surface area contributed by atoms with Crippen LogP contribution in [0.3, 0.4) is 0 Å². The maximum Gasteiger partial charge on any atom is 0.193 e. The first-order chi connectivity index (χ1) is 11.1. The van der Waals surface area contributed by atoms with Gasteiger partial charge in [-0.25, -0.2) is 0 Å². The number of ketones is 2. The normalized spacial score (nSPS) is 18.8. The van der Waals surface area contributed by atoms with Gasteiger partial charge >= 0.3 is 0 Å². The van der Waals surface area contributed by atoms with Crippen molar-refractivity contribution in [2.24, 2.45) is 5.92 Å². The molecule has 2 aromatic rings. The minimum atomic E-state index is -0.0157. The van der Waals surface area contributed by atoms with E-state index in [1.54, 1.807) is 6.92 Å². The van der Waals surface area contributed by atoms with Crippen LogP contribution in [0.15, 0.2) is 30.3 Å². The molecule has 4 rings (SSSR count). The van der Waals surface area contributed by atoms with Crippen LogP contribution in [0, 0.1) is 5.92 Å². The van der Waals surface area contributed by atoms with E-state index in [-0.39, 0.29) is 23.2 Å². The van der Waals surface area contributed by atoms with Crippen LogP contribution in [0.4, 0.5) is 0 Å². The van der Waals surface area contributed by atoms with Crippen molar-refractivity contribution in [2.75, 3.05) is 0 Å². The standard InChI is InChI=1S/C20H18O3/c1-11(21)12-6-7-14-10-17-18(20(23)16(14)8-12)9-13-4-2-3-5-15(13)19(17)22/h2-5,10,12,23H,6-9H2,1H3. The SMILES string of the molecule is CC(=O)C1CCc2cc3c(c(O)c2C1)Cc1ccccc1C3=O. The highest BCUT2D eigenvalue weighted by molar-refractivity contribution is 6.13. The van der Waals surface area contributed by atoms with Crippen LogP contribution in [0.2, 0.25) is 0 Å². The summed E-state index contributed by atoms with van der Waals surface area (Å²) in [5, 5.41) is 10.8. The fraction of sp³-hybridized carbons (Fsp3) is 0.300.